The molecule has 5 aromatic rings. The number of morpholine rings is 1. The second-order valence-electron chi connectivity index (χ2n) is 15.1. The molecule has 13 nitrogen and oxygen atoms in total. The molecule has 3 aromatic carbocycles. The van der Waals surface area contributed by atoms with Crippen LogP contribution in [0.25, 0.3) is 38.5 Å². The van der Waals surface area contributed by atoms with Gasteiger partial charge < -0.3 is 48.7 Å². The number of amides is 2. The summed E-state index contributed by atoms with van der Waals surface area (Å²) in [6, 6.07) is 12.4. The first-order valence-corrected chi connectivity index (χ1v) is 19.4. The van der Waals surface area contributed by atoms with Gasteiger partial charge in [-0.3, -0.25) is 14.4 Å². The Labute approximate surface area is 324 Å². The van der Waals surface area contributed by atoms with Crippen molar-refractivity contribution in [1.82, 2.24) is 29.9 Å². The smallest absolute Gasteiger partial charge is 0.259 e. The van der Waals surface area contributed by atoms with Gasteiger partial charge in [-0.25, -0.2) is 4.39 Å². The first-order chi connectivity index (χ1) is 26.8. The van der Waals surface area contributed by atoms with Gasteiger partial charge in [0.15, 0.2) is 17.3 Å². The molecule has 3 saturated heterocycles. The minimum atomic E-state index is -0.631. The lowest BCUT2D eigenvalue weighted by molar-refractivity contribution is -0.121. The number of aromatic nitrogens is 1. The largest absolute Gasteiger partial charge is 0.456 e. The number of piperazine rings is 1. The molecule has 2 aromatic heterocycles. The van der Waals surface area contributed by atoms with Crippen LogP contribution in [0, 0.1) is 5.82 Å². The number of nitrogens with zero attached hydrogens (tertiary/aromatic N) is 5. The van der Waals surface area contributed by atoms with Gasteiger partial charge in [0, 0.05) is 94.4 Å². The van der Waals surface area contributed by atoms with E-state index in [0.717, 1.165) is 56.5 Å². The normalized spacial score (nSPS) is 18.6. The molecule has 0 saturated carbocycles. The molecule has 0 unspecified atom stereocenters. The number of ether oxygens (including phenoxy) is 2. The summed E-state index contributed by atoms with van der Waals surface area (Å²) < 4.78 is 36.6. The number of carbonyl (C=O) groups is 2. The van der Waals surface area contributed by atoms with Crippen LogP contribution in [0.1, 0.15) is 37.0 Å². The fourth-order valence-corrected chi connectivity index (χ4v) is 8.41. The number of para-hydroxylation sites is 1. The minimum absolute atomic E-state index is 0. The van der Waals surface area contributed by atoms with E-state index >= 15 is 4.39 Å². The molecule has 0 bridgehead atoms. The van der Waals surface area contributed by atoms with Crippen molar-refractivity contribution in [1.29, 1.82) is 0 Å². The predicted molar refractivity (Wildman–Crippen MR) is 215 cm³/mol. The van der Waals surface area contributed by atoms with Gasteiger partial charge in [0.2, 0.25) is 11.3 Å². The number of likely N-dealkylation sites (N-methyl/N-ethyl adjacent to an activating group) is 1. The highest BCUT2D eigenvalue weighted by Gasteiger charge is 2.35. The number of furan rings is 1. The number of benzene rings is 3. The average Bonchev–Trinajstić information content (AvgIpc) is 3.81. The molecule has 2 N–H and O–H groups in total. The van der Waals surface area contributed by atoms with Gasteiger partial charge in [0.25, 0.3) is 5.91 Å². The average molecular weight is 768 g/mol. The fraction of sp³-hybridized carbons (Fsp3) is 0.452. The van der Waals surface area contributed by atoms with Gasteiger partial charge in [-0.2, -0.15) is 0 Å². The van der Waals surface area contributed by atoms with Crippen LogP contribution in [0.5, 0.6) is 11.5 Å². The summed E-state index contributed by atoms with van der Waals surface area (Å²) in [6.45, 7) is 9.24. The van der Waals surface area contributed by atoms with E-state index in [2.05, 4.69) is 27.5 Å². The van der Waals surface area contributed by atoms with Crippen LogP contribution in [0.3, 0.4) is 0 Å². The maximum atomic E-state index is 16.5. The molecule has 4 aliphatic heterocycles. The van der Waals surface area contributed by atoms with Crippen LogP contribution in [-0.4, -0.2) is 129 Å². The fourth-order valence-electron chi connectivity index (χ4n) is 8.41. The zero-order chi connectivity index (χ0) is 37.6. The number of hydrogen-bond donors (Lipinski definition) is 2. The molecule has 0 spiro atoms. The molecule has 1 atom stereocenters. The monoisotopic (exact) mass is 767 g/mol. The van der Waals surface area contributed by atoms with Crippen LogP contribution >= 0.6 is 0 Å². The highest BCUT2D eigenvalue weighted by atomic mass is 19.1. The van der Waals surface area contributed by atoms with E-state index < -0.39 is 17.2 Å². The molecule has 296 valence electrons. The van der Waals surface area contributed by atoms with Crippen molar-refractivity contribution < 1.29 is 27.9 Å². The van der Waals surface area contributed by atoms with E-state index in [1.165, 1.54) is 6.07 Å². The molecule has 0 aliphatic carbocycles. The first-order valence-electron chi connectivity index (χ1n) is 19.4. The molecule has 14 heteroatoms. The first kappa shape index (κ1) is 37.9. The van der Waals surface area contributed by atoms with Crippen molar-refractivity contribution in [3.8, 4) is 17.2 Å². The third-order valence-corrected chi connectivity index (χ3v) is 11.5. The number of carbonyl (C=O) groups excluding carboxylic acids is 2. The number of nitrogens with one attached hydrogen (secondary N) is 2. The molecule has 56 heavy (non-hydrogen) atoms. The Morgan fingerprint density at radius 3 is 2.55 bits per heavy atom. The van der Waals surface area contributed by atoms with E-state index in [0.29, 0.717) is 86.9 Å². The van der Waals surface area contributed by atoms with E-state index in [1.807, 2.05) is 41.3 Å². The third kappa shape index (κ3) is 7.10. The molecule has 0 radical (unpaired) electrons. The molecular weight excluding hydrogens is 718 g/mol. The number of rotatable bonds is 10. The van der Waals surface area contributed by atoms with Gasteiger partial charge in [0.05, 0.1) is 24.3 Å². The summed E-state index contributed by atoms with van der Waals surface area (Å²) in [4.78, 5) is 49.2. The van der Waals surface area contributed by atoms with Gasteiger partial charge in [-0.05, 0) is 51.2 Å². The van der Waals surface area contributed by atoms with Gasteiger partial charge in [0.1, 0.15) is 27.9 Å². The lowest BCUT2D eigenvalue weighted by Crippen LogP contribution is -2.45. The quantitative estimate of drug-likeness (QED) is 0.192. The van der Waals surface area contributed by atoms with E-state index in [-0.39, 0.29) is 41.8 Å². The zero-order valence-corrected chi connectivity index (χ0v) is 31.1. The second kappa shape index (κ2) is 15.8. The maximum Gasteiger partial charge on any atom is 0.259 e. The number of halogens is 1. The summed E-state index contributed by atoms with van der Waals surface area (Å²) >= 11 is 0. The van der Waals surface area contributed by atoms with Gasteiger partial charge in [-0.15, -0.1) is 0 Å². The standard InChI is InChI=1S/C41H46FN7O6.CH4/c1-45-13-15-46(16-14-45)11-4-9-43-10-7-36(50)44-26-8-12-48(24-26)38-31(42)21-29-37-40(38)55-35-22-28-27-5-2-3-6-33(27)54-34(28)23-32(35)49(37)25-30(39(29)51)41(52)47-17-19-53-20-18-47;/h2-3,5-6,21-23,25-26,43H,4,7-20,24H2,1H3,(H,44,50);1H4/t26-;/m1./s1. The van der Waals surface area contributed by atoms with Crippen molar-refractivity contribution in [3.05, 3.63) is 70.3 Å². The van der Waals surface area contributed by atoms with Crippen molar-refractivity contribution >= 4 is 50.3 Å². The van der Waals surface area contributed by atoms with Crippen LogP contribution in [0.4, 0.5) is 10.1 Å². The summed E-state index contributed by atoms with van der Waals surface area (Å²) in [5.41, 5.74) is 1.85. The maximum absolute atomic E-state index is 16.5. The zero-order valence-electron chi connectivity index (χ0n) is 31.1. The molecule has 2 amide bonds. The molecule has 6 heterocycles. The highest BCUT2D eigenvalue weighted by Crippen LogP contribution is 2.49. The van der Waals surface area contributed by atoms with Crippen LogP contribution in [0.2, 0.25) is 0 Å². The van der Waals surface area contributed by atoms with Crippen molar-refractivity contribution in [3.63, 3.8) is 0 Å². The Bertz CT molecular complexity index is 2350. The number of hydrogen-bond acceptors (Lipinski definition) is 10. The number of pyridine rings is 1. The number of anilines is 1. The summed E-state index contributed by atoms with van der Waals surface area (Å²) in [7, 11) is 2.16. The molecular formula is C42H50FN7O6. The Kier molecular flexibility index (Phi) is 10.7. The highest BCUT2D eigenvalue weighted by molar-refractivity contribution is 6.07. The topological polar surface area (TPSA) is 125 Å². The van der Waals surface area contributed by atoms with Crippen LogP contribution in [-0.2, 0) is 9.53 Å². The Balaban J connectivity index is 0.00000441. The van der Waals surface area contributed by atoms with Crippen molar-refractivity contribution in [2.24, 2.45) is 0 Å². The van der Waals surface area contributed by atoms with Crippen LogP contribution in [0.15, 0.2) is 57.9 Å². The van der Waals surface area contributed by atoms with Gasteiger partial charge >= 0.3 is 0 Å². The minimum Gasteiger partial charge on any atom is -0.456 e. The Morgan fingerprint density at radius 2 is 1.73 bits per heavy atom. The van der Waals surface area contributed by atoms with E-state index in [4.69, 9.17) is 13.9 Å². The lowest BCUT2D eigenvalue weighted by Gasteiger charge is -2.32. The predicted octanol–water partition coefficient (Wildman–Crippen LogP) is 4.56. The summed E-state index contributed by atoms with van der Waals surface area (Å²) in [6.07, 6.45) is 3.57. The van der Waals surface area contributed by atoms with Crippen LogP contribution < -0.4 is 25.7 Å². The summed E-state index contributed by atoms with van der Waals surface area (Å²) in [5, 5.41) is 8.32. The number of fused-ring (bicyclic) bond motifs is 5. The Morgan fingerprint density at radius 1 is 0.929 bits per heavy atom. The second-order valence-corrected chi connectivity index (χ2v) is 15.1. The van der Waals surface area contributed by atoms with E-state index in [9.17, 15) is 14.4 Å². The Hall–Kier alpha value is -5.02. The SMILES string of the molecule is C.CN1CCN(CCCNCCC(=O)N[C@@H]2CCN(c3c(F)cc4c(=O)c(C(=O)N5CCOCC5)cn5c4c3Oc3cc4c(cc3-5)oc3ccccc34)C2)CC1. The van der Waals surface area contributed by atoms with E-state index in [1.54, 1.807) is 15.7 Å². The van der Waals surface area contributed by atoms with Crippen molar-refractivity contribution in [2.75, 3.05) is 97.2 Å². The van der Waals surface area contributed by atoms with Gasteiger partial charge in [-0.1, -0.05) is 25.6 Å². The molecule has 3 fully saturated rings. The molecule has 9 rings (SSSR count). The third-order valence-electron chi connectivity index (χ3n) is 11.5. The molecule has 4 aliphatic rings. The lowest BCUT2D eigenvalue weighted by atomic mass is 10.0. The van der Waals surface area contributed by atoms with Crippen molar-refractivity contribution in [2.45, 2.75) is 32.7 Å². The summed E-state index contributed by atoms with van der Waals surface area (Å²) in [5.74, 6) is -0.473.